The van der Waals surface area contributed by atoms with E-state index in [0.717, 1.165) is 42.0 Å². The van der Waals surface area contributed by atoms with Crippen LogP contribution in [0.2, 0.25) is 0 Å². The molecule has 0 bridgehead atoms. The van der Waals surface area contributed by atoms with Crippen LogP contribution in [0, 0.1) is 22.7 Å². The van der Waals surface area contributed by atoms with Crippen LogP contribution in [-0.4, -0.2) is 73.4 Å². The molecule has 2 aromatic carbocycles. The monoisotopic (exact) mass is 668 g/mol. The Balaban J connectivity index is 1.46. The summed E-state index contributed by atoms with van der Waals surface area (Å²) < 4.78 is 22.8. The quantitative estimate of drug-likeness (QED) is 0.133. The Bertz CT molecular complexity index is 1810. The van der Waals surface area contributed by atoms with Gasteiger partial charge in [-0.05, 0) is 49.4 Å². The second kappa shape index (κ2) is 15.0. The van der Waals surface area contributed by atoms with E-state index in [-0.39, 0.29) is 42.7 Å². The fourth-order valence-corrected chi connectivity index (χ4v) is 6.89. The van der Waals surface area contributed by atoms with E-state index in [1.807, 2.05) is 32.0 Å². The van der Waals surface area contributed by atoms with Gasteiger partial charge in [-0.2, -0.15) is 5.26 Å². The topological polar surface area (TPSA) is 140 Å². The van der Waals surface area contributed by atoms with E-state index in [4.69, 9.17) is 23.9 Å². The molecule has 3 aromatic rings. The Morgan fingerprint density at radius 2 is 1.88 bits per heavy atom. The highest BCUT2D eigenvalue weighted by molar-refractivity contribution is 6.09. The van der Waals surface area contributed by atoms with Gasteiger partial charge in [-0.15, -0.1) is 6.58 Å². The number of amides is 2. The molecule has 2 fully saturated rings. The van der Waals surface area contributed by atoms with Crippen molar-refractivity contribution in [3.05, 3.63) is 60.7 Å². The molecule has 0 unspecified atom stereocenters. The predicted octanol–water partition coefficient (Wildman–Crippen LogP) is 6.32. The Morgan fingerprint density at radius 3 is 2.53 bits per heavy atom. The average molecular weight is 669 g/mol. The van der Waals surface area contributed by atoms with Gasteiger partial charge in [0.15, 0.2) is 0 Å². The van der Waals surface area contributed by atoms with Crippen LogP contribution in [0.15, 0.2) is 49.6 Å². The summed E-state index contributed by atoms with van der Waals surface area (Å²) in [5, 5.41) is 14.7. The molecule has 11 nitrogen and oxygen atoms in total. The lowest BCUT2D eigenvalue weighted by atomic mass is 9.91. The number of nitrogens with zero attached hydrogens (tertiary/aromatic N) is 3. The van der Waals surface area contributed by atoms with E-state index in [9.17, 15) is 19.6 Å². The van der Waals surface area contributed by atoms with Crippen LogP contribution in [0.4, 0.5) is 4.79 Å². The van der Waals surface area contributed by atoms with Gasteiger partial charge < -0.3 is 29.2 Å². The van der Waals surface area contributed by atoms with Crippen LogP contribution >= 0.6 is 0 Å². The molecule has 2 heterocycles. The molecule has 1 saturated carbocycles. The summed E-state index contributed by atoms with van der Waals surface area (Å²) in [5.74, 6) is -0.173. The third-order valence-corrected chi connectivity index (χ3v) is 9.46. The van der Waals surface area contributed by atoms with Crippen LogP contribution in [-0.2, 0) is 19.1 Å². The Hall–Kier alpha value is -5.11. The maximum atomic E-state index is 14.3. The number of allylic oxidation sites excluding steroid dienone is 1. The number of ether oxygens (including phenoxy) is 4. The van der Waals surface area contributed by atoms with E-state index in [0.29, 0.717) is 28.6 Å². The third-order valence-electron chi connectivity index (χ3n) is 9.46. The second-order valence-corrected chi connectivity index (χ2v) is 13.5. The lowest BCUT2D eigenvalue weighted by molar-refractivity contribution is -0.152. The summed E-state index contributed by atoms with van der Waals surface area (Å²) in [7, 11) is 2.86. The fourth-order valence-electron chi connectivity index (χ4n) is 6.89. The molecule has 1 saturated heterocycles. The van der Waals surface area contributed by atoms with Crippen molar-refractivity contribution in [1.82, 2.24) is 15.2 Å². The highest BCUT2D eigenvalue weighted by Crippen LogP contribution is 2.38. The SMILES string of the molecule is C=CCC(C)(C)COC(=O)N[C@H](C(=O)N1C[C@H](Oc2nc3cc(C#N)ccc3c3cc(OC)c(C=C)cc23)C[C@H]1C(=O)OC)C1CCCC1. The van der Waals surface area contributed by atoms with Gasteiger partial charge in [0, 0.05) is 33.6 Å². The number of fused-ring (bicyclic) bond motifs is 3. The summed E-state index contributed by atoms with van der Waals surface area (Å²) in [6.45, 7) is 11.9. The van der Waals surface area contributed by atoms with E-state index < -0.39 is 30.3 Å². The molecule has 1 aliphatic heterocycles. The Kier molecular flexibility index (Phi) is 10.8. The summed E-state index contributed by atoms with van der Waals surface area (Å²) in [5.41, 5.74) is 1.41. The molecule has 3 atom stereocenters. The minimum absolute atomic E-state index is 0.0643. The smallest absolute Gasteiger partial charge is 0.407 e. The van der Waals surface area contributed by atoms with Gasteiger partial charge in [0.05, 0.1) is 44.5 Å². The fraction of sp³-hybridized carbons (Fsp3) is 0.447. The van der Waals surface area contributed by atoms with Crippen molar-refractivity contribution in [2.75, 3.05) is 27.4 Å². The minimum atomic E-state index is -0.934. The van der Waals surface area contributed by atoms with Crippen LogP contribution in [0.3, 0.4) is 0 Å². The van der Waals surface area contributed by atoms with Crippen LogP contribution in [0.25, 0.3) is 27.8 Å². The van der Waals surface area contributed by atoms with Gasteiger partial charge in [0.1, 0.15) is 23.9 Å². The average Bonchev–Trinajstić information content (AvgIpc) is 3.79. The zero-order valence-corrected chi connectivity index (χ0v) is 28.6. The van der Waals surface area contributed by atoms with Crippen molar-refractivity contribution < 1.29 is 33.3 Å². The molecule has 11 heteroatoms. The molecular formula is C38H44N4O7. The number of carbonyl (C=O) groups excluding carboxylic acids is 3. The number of methoxy groups -OCH3 is 2. The zero-order valence-electron chi connectivity index (χ0n) is 28.6. The number of alkyl carbamates (subject to hydrolysis) is 1. The molecule has 258 valence electrons. The first-order valence-electron chi connectivity index (χ1n) is 16.6. The normalized spacial score (nSPS) is 18.5. The lowest BCUT2D eigenvalue weighted by Gasteiger charge is -2.31. The maximum Gasteiger partial charge on any atom is 0.407 e. The highest BCUT2D eigenvalue weighted by atomic mass is 16.5. The van der Waals surface area contributed by atoms with Gasteiger partial charge in [-0.3, -0.25) is 4.79 Å². The molecular weight excluding hydrogens is 624 g/mol. The summed E-state index contributed by atoms with van der Waals surface area (Å²) in [6.07, 6.45) is 6.36. The summed E-state index contributed by atoms with van der Waals surface area (Å²) in [4.78, 5) is 46.7. The number of hydrogen-bond acceptors (Lipinski definition) is 9. The van der Waals surface area contributed by atoms with Crippen LogP contribution < -0.4 is 14.8 Å². The standard InChI is InChI=1S/C38H44N4O7/c1-7-15-38(3,4)22-48-37(45)41-33(25-11-9-10-12-25)35(43)42-21-26(18-31(42)36(44)47-6)49-34-29-17-24(8-2)32(46-5)19-28(29)27-14-13-23(20-39)16-30(27)40-34/h7-8,13-14,16-17,19,25-26,31,33H,1-2,9-12,15,18,21-22H2,3-6H3,(H,41,45)/t26-,31+,33+/m1/s1. The first-order chi connectivity index (χ1) is 23.5. The van der Waals surface area contributed by atoms with Gasteiger partial charge in [0.25, 0.3) is 0 Å². The number of benzene rings is 2. The van der Waals surface area contributed by atoms with Gasteiger partial charge in [-0.25, -0.2) is 14.6 Å². The van der Waals surface area contributed by atoms with Crippen molar-refractivity contribution in [3.63, 3.8) is 0 Å². The molecule has 0 spiro atoms. The number of likely N-dealkylation sites (tertiary alicyclic amines) is 1. The molecule has 49 heavy (non-hydrogen) atoms. The van der Waals surface area contributed by atoms with E-state index in [1.165, 1.54) is 12.0 Å². The first kappa shape index (κ1) is 35.2. The largest absolute Gasteiger partial charge is 0.496 e. The number of esters is 1. The Labute approximate surface area is 286 Å². The molecule has 1 aromatic heterocycles. The molecule has 1 N–H and O–H groups in total. The van der Waals surface area contributed by atoms with Crippen molar-refractivity contribution in [1.29, 1.82) is 5.26 Å². The van der Waals surface area contributed by atoms with Gasteiger partial charge >= 0.3 is 12.1 Å². The lowest BCUT2D eigenvalue weighted by Crippen LogP contribution is -2.54. The number of nitrogens with one attached hydrogen (secondary N) is 1. The number of pyridine rings is 1. The molecule has 0 radical (unpaired) electrons. The van der Waals surface area contributed by atoms with Crippen molar-refractivity contribution in [3.8, 4) is 17.7 Å². The molecule has 2 aliphatic rings. The van der Waals surface area contributed by atoms with Crippen molar-refractivity contribution in [2.45, 2.75) is 70.6 Å². The number of hydrogen-bond donors (Lipinski definition) is 1. The van der Waals surface area contributed by atoms with Gasteiger partial charge in [0.2, 0.25) is 11.8 Å². The predicted molar refractivity (Wildman–Crippen MR) is 186 cm³/mol. The van der Waals surface area contributed by atoms with Crippen LogP contribution in [0.1, 0.15) is 63.5 Å². The van der Waals surface area contributed by atoms with Crippen LogP contribution in [0.5, 0.6) is 11.6 Å². The van der Waals surface area contributed by atoms with E-state index >= 15 is 0 Å². The number of rotatable bonds is 12. The third kappa shape index (κ3) is 7.64. The zero-order chi connectivity index (χ0) is 35.3. The molecule has 5 rings (SSSR count). The maximum absolute atomic E-state index is 14.3. The number of carbonyl (C=O) groups is 3. The Morgan fingerprint density at radius 1 is 1.12 bits per heavy atom. The summed E-state index contributed by atoms with van der Waals surface area (Å²) >= 11 is 0. The first-order valence-corrected chi connectivity index (χ1v) is 16.6. The van der Waals surface area contributed by atoms with E-state index in [2.05, 4.69) is 24.5 Å². The van der Waals surface area contributed by atoms with Crippen molar-refractivity contribution >= 4 is 45.7 Å². The van der Waals surface area contributed by atoms with E-state index in [1.54, 1.807) is 31.4 Å². The number of nitriles is 1. The van der Waals surface area contributed by atoms with Gasteiger partial charge in [-0.1, -0.05) is 51.5 Å². The molecule has 1 aliphatic carbocycles. The number of aromatic nitrogens is 1. The summed E-state index contributed by atoms with van der Waals surface area (Å²) in [6, 6.07) is 9.35. The van der Waals surface area contributed by atoms with Crippen molar-refractivity contribution in [2.24, 2.45) is 11.3 Å². The highest BCUT2D eigenvalue weighted by Gasteiger charge is 2.46. The molecule has 2 amide bonds. The second-order valence-electron chi connectivity index (χ2n) is 13.5. The minimum Gasteiger partial charge on any atom is -0.496 e.